The van der Waals surface area contributed by atoms with Gasteiger partial charge in [0.25, 0.3) is 0 Å². The maximum atomic E-state index is 10.4. The van der Waals surface area contributed by atoms with Crippen LogP contribution in [0.4, 0.5) is 0 Å². The van der Waals surface area contributed by atoms with Gasteiger partial charge < -0.3 is 4.74 Å². The van der Waals surface area contributed by atoms with Gasteiger partial charge >= 0.3 is 15.1 Å². The summed E-state index contributed by atoms with van der Waals surface area (Å²) in [5, 5.41) is 0. The zero-order chi connectivity index (χ0) is 8.91. The quantitative estimate of drug-likeness (QED) is 0.301. The molecule has 11 heavy (non-hydrogen) atoms. The summed E-state index contributed by atoms with van der Waals surface area (Å²) in [5.74, 6) is -1.23. The van der Waals surface area contributed by atoms with E-state index in [-0.39, 0.29) is 10.8 Å². The number of ether oxygens (including phenoxy) is 1. The van der Waals surface area contributed by atoms with Crippen LogP contribution in [0.25, 0.3) is 0 Å². The minimum Gasteiger partial charge on any atom is -0.434 e. The van der Waals surface area contributed by atoms with E-state index in [4.69, 9.17) is 4.55 Å². The van der Waals surface area contributed by atoms with E-state index in [1.54, 1.807) is 0 Å². The molecule has 0 aromatic carbocycles. The van der Waals surface area contributed by atoms with Gasteiger partial charge in [0.15, 0.2) is 0 Å². The van der Waals surface area contributed by atoms with Crippen molar-refractivity contribution in [2.45, 2.75) is 0 Å². The van der Waals surface area contributed by atoms with Gasteiger partial charge in [0.1, 0.15) is 5.75 Å². The number of rotatable bonds is 4. The largest absolute Gasteiger partial charge is 0.434 e. The lowest BCUT2D eigenvalue weighted by molar-refractivity contribution is -0.134. The molecule has 0 atom stereocenters. The van der Waals surface area contributed by atoms with E-state index < -0.39 is 20.9 Å². The van der Waals surface area contributed by atoms with E-state index in [0.717, 1.165) is 6.26 Å². The molecule has 0 radical (unpaired) electrons. The fourth-order valence-electron chi connectivity index (χ4n) is 0.250. The van der Waals surface area contributed by atoms with Crippen LogP contribution < -0.4 is 0 Å². The van der Waals surface area contributed by atoms with Gasteiger partial charge in [0.2, 0.25) is 0 Å². The molecule has 0 rings (SSSR count). The second-order valence-corrected chi connectivity index (χ2v) is 4.70. The van der Waals surface area contributed by atoms with Gasteiger partial charge in [-0.1, -0.05) is 6.58 Å². The van der Waals surface area contributed by atoms with E-state index in [0.29, 0.717) is 0 Å². The van der Waals surface area contributed by atoms with Crippen molar-refractivity contribution < 1.29 is 22.5 Å². The third-order valence-electron chi connectivity index (χ3n) is 0.540. The fraction of sp³-hybridized carbons (Fsp3) is 0.250. The average molecular weight is 198 g/mol. The van der Waals surface area contributed by atoms with Crippen molar-refractivity contribution in [1.29, 1.82) is 0 Å². The highest BCUT2D eigenvalue weighted by atomic mass is 33.1. The summed E-state index contributed by atoms with van der Waals surface area (Å²) in [7, 11) is -4.07. The molecule has 7 heteroatoms. The predicted octanol–water partition coefficient (Wildman–Crippen LogP) is 0.209. The Hall–Kier alpha value is -0.530. The number of carbonyl (C=O) groups is 1. The topological polar surface area (TPSA) is 80.7 Å². The molecule has 0 bridgehead atoms. The standard InChI is InChI=1S/C4H6O5S2/c1-2-9-4(5)3-10-11(6,7)8/h2H,1,3H2,(H,6,7,8). The first kappa shape index (κ1) is 10.5. The van der Waals surface area contributed by atoms with Crippen LogP contribution in [0.5, 0.6) is 0 Å². The molecule has 0 aromatic heterocycles. The van der Waals surface area contributed by atoms with Gasteiger partial charge in [0, 0.05) is 10.8 Å². The van der Waals surface area contributed by atoms with Crippen molar-refractivity contribution in [3.8, 4) is 0 Å². The normalized spacial score (nSPS) is 10.6. The predicted molar refractivity (Wildman–Crippen MR) is 40.3 cm³/mol. The highest BCUT2D eigenvalue weighted by Crippen LogP contribution is 2.08. The summed E-state index contributed by atoms with van der Waals surface area (Å²) < 4.78 is 32.4. The molecule has 64 valence electrons. The van der Waals surface area contributed by atoms with Gasteiger partial charge in [-0.25, -0.2) is 0 Å². The van der Waals surface area contributed by atoms with E-state index in [2.05, 4.69) is 11.3 Å². The molecule has 0 heterocycles. The molecular weight excluding hydrogens is 192 g/mol. The van der Waals surface area contributed by atoms with Gasteiger partial charge in [-0.3, -0.25) is 9.35 Å². The Balaban J connectivity index is 3.72. The Labute approximate surface area is 67.6 Å². The van der Waals surface area contributed by atoms with Crippen molar-refractivity contribution in [3.63, 3.8) is 0 Å². The molecule has 0 fully saturated rings. The zero-order valence-electron chi connectivity index (χ0n) is 5.39. The van der Waals surface area contributed by atoms with E-state index in [1.807, 2.05) is 0 Å². The minimum atomic E-state index is -4.16. The van der Waals surface area contributed by atoms with Crippen LogP contribution in [0, 0.1) is 0 Å². The van der Waals surface area contributed by atoms with Crippen molar-refractivity contribution in [2.24, 2.45) is 0 Å². The second kappa shape index (κ2) is 4.37. The lowest BCUT2D eigenvalue weighted by Gasteiger charge is -1.94. The maximum Gasteiger partial charge on any atom is 0.321 e. The smallest absolute Gasteiger partial charge is 0.321 e. The number of hydrogen-bond donors (Lipinski definition) is 1. The lowest BCUT2D eigenvalue weighted by Crippen LogP contribution is -2.05. The molecule has 0 saturated heterocycles. The molecule has 0 amide bonds. The van der Waals surface area contributed by atoms with E-state index >= 15 is 0 Å². The SMILES string of the molecule is C=COC(=O)CSS(=O)(=O)O. The fourth-order valence-corrected chi connectivity index (χ4v) is 1.30. The highest BCUT2D eigenvalue weighted by Gasteiger charge is 2.09. The number of carbonyl (C=O) groups excluding carboxylic acids is 1. The number of hydrogen-bond acceptors (Lipinski definition) is 5. The van der Waals surface area contributed by atoms with Crippen molar-refractivity contribution in [1.82, 2.24) is 0 Å². The third kappa shape index (κ3) is 7.37. The zero-order valence-corrected chi connectivity index (χ0v) is 7.02. The lowest BCUT2D eigenvalue weighted by atomic mass is 10.8. The number of esters is 1. The first-order chi connectivity index (χ1) is 4.95. The van der Waals surface area contributed by atoms with Crippen LogP contribution >= 0.6 is 10.8 Å². The summed E-state index contributed by atoms with van der Waals surface area (Å²) in [6.07, 6.45) is 0.882. The van der Waals surface area contributed by atoms with Crippen molar-refractivity contribution >= 4 is 25.9 Å². The van der Waals surface area contributed by atoms with Gasteiger partial charge in [-0.05, 0) is 0 Å². The summed E-state index contributed by atoms with van der Waals surface area (Å²) in [6, 6.07) is 0. The monoisotopic (exact) mass is 198 g/mol. The molecule has 0 saturated carbocycles. The Kier molecular flexibility index (Phi) is 4.16. The molecular formula is C4H6O5S2. The van der Waals surface area contributed by atoms with Crippen LogP contribution in [0.3, 0.4) is 0 Å². The molecule has 0 aliphatic carbocycles. The Morgan fingerprint density at radius 1 is 1.73 bits per heavy atom. The second-order valence-electron chi connectivity index (χ2n) is 1.35. The molecule has 0 spiro atoms. The third-order valence-corrected chi connectivity index (χ3v) is 2.44. The minimum absolute atomic E-state index is 0.0871. The molecule has 0 aliphatic rings. The summed E-state index contributed by atoms with van der Waals surface area (Å²) >= 11 is 0. The van der Waals surface area contributed by atoms with Gasteiger partial charge in [-0.2, -0.15) is 8.42 Å². The molecule has 0 aromatic rings. The molecule has 0 unspecified atom stereocenters. The summed E-state index contributed by atoms with van der Waals surface area (Å²) in [6.45, 7) is 3.08. The van der Waals surface area contributed by atoms with Gasteiger partial charge in [0.05, 0.1) is 6.26 Å². The average Bonchev–Trinajstić information content (AvgIpc) is 1.83. The summed E-state index contributed by atoms with van der Waals surface area (Å²) in [5.41, 5.74) is 0. The summed E-state index contributed by atoms with van der Waals surface area (Å²) in [4.78, 5) is 10.4. The van der Waals surface area contributed by atoms with Crippen molar-refractivity contribution in [3.05, 3.63) is 12.8 Å². The van der Waals surface area contributed by atoms with Gasteiger partial charge in [-0.15, -0.1) is 0 Å². The van der Waals surface area contributed by atoms with Crippen LogP contribution in [0.15, 0.2) is 12.8 Å². The van der Waals surface area contributed by atoms with E-state index in [9.17, 15) is 13.2 Å². The first-order valence-electron chi connectivity index (χ1n) is 2.38. The first-order valence-corrected chi connectivity index (χ1v) is 5.32. The molecule has 0 aliphatic heterocycles. The molecule has 1 N–H and O–H groups in total. The highest BCUT2D eigenvalue weighted by molar-refractivity contribution is 8.70. The van der Waals surface area contributed by atoms with Crippen molar-refractivity contribution in [2.75, 3.05) is 5.75 Å². The maximum absolute atomic E-state index is 10.4. The Bertz CT molecular complexity index is 241. The van der Waals surface area contributed by atoms with Crippen LogP contribution in [0.1, 0.15) is 0 Å². The van der Waals surface area contributed by atoms with Crippen LogP contribution in [-0.4, -0.2) is 24.7 Å². The van der Waals surface area contributed by atoms with Crippen LogP contribution in [0.2, 0.25) is 0 Å². The van der Waals surface area contributed by atoms with E-state index in [1.165, 1.54) is 0 Å². The Morgan fingerprint density at radius 2 is 2.27 bits per heavy atom. The Morgan fingerprint density at radius 3 is 2.64 bits per heavy atom. The van der Waals surface area contributed by atoms with Crippen LogP contribution in [-0.2, 0) is 18.7 Å². The molecule has 5 nitrogen and oxygen atoms in total.